The quantitative estimate of drug-likeness (QED) is 0.826. The Kier molecular flexibility index (Phi) is 5.53. The molecule has 0 saturated heterocycles. The van der Waals surface area contributed by atoms with E-state index in [9.17, 15) is 5.11 Å². The van der Waals surface area contributed by atoms with Gasteiger partial charge in [0.05, 0.1) is 19.6 Å². The molecule has 1 atom stereocenters. The molecule has 0 fully saturated rings. The van der Waals surface area contributed by atoms with Crippen LogP contribution < -0.4 is 10.5 Å². The highest BCUT2D eigenvalue weighted by atomic mass is 35.5. The number of ether oxygens (including phenoxy) is 1. The minimum Gasteiger partial charge on any atom is -0.504 e. The first kappa shape index (κ1) is 13.6. The van der Waals surface area contributed by atoms with Gasteiger partial charge in [-0.2, -0.15) is 5.26 Å². The number of phenols is 1. The fourth-order valence-electron chi connectivity index (χ4n) is 1.14. The van der Waals surface area contributed by atoms with Gasteiger partial charge in [0.25, 0.3) is 0 Å². The van der Waals surface area contributed by atoms with E-state index in [-0.39, 0.29) is 30.6 Å². The second-order valence-electron chi connectivity index (χ2n) is 2.90. The molecule has 1 aromatic rings. The maximum atomic E-state index is 9.32. The number of hydrogen-bond acceptors (Lipinski definition) is 4. The van der Waals surface area contributed by atoms with Gasteiger partial charge in [0.15, 0.2) is 11.5 Å². The average molecular weight is 229 g/mol. The monoisotopic (exact) mass is 228 g/mol. The van der Waals surface area contributed by atoms with E-state index in [2.05, 4.69) is 0 Å². The van der Waals surface area contributed by atoms with Crippen LogP contribution in [-0.2, 0) is 0 Å². The number of nitrogens with zero attached hydrogens (tertiary/aromatic N) is 1. The number of benzene rings is 1. The number of aromatic hydroxyl groups is 1. The molecule has 0 heterocycles. The standard InChI is InChI=1S/C10H12N2O2.ClH/c1-14-10-6-7(2-3-9(10)13)8(12)4-5-11;/h2-3,6,8,13H,4,12H2,1H3;1H/t8-;/m1./s1. The van der Waals surface area contributed by atoms with Crippen LogP contribution in [0.25, 0.3) is 0 Å². The molecule has 0 aliphatic rings. The van der Waals surface area contributed by atoms with E-state index in [1.807, 2.05) is 6.07 Å². The largest absolute Gasteiger partial charge is 0.504 e. The highest BCUT2D eigenvalue weighted by Gasteiger charge is 2.08. The first-order chi connectivity index (χ1) is 6.69. The molecular weight excluding hydrogens is 216 g/mol. The second kappa shape index (κ2) is 6.12. The highest BCUT2D eigenvalue weighted by molar-refractivity contribution is 5.85. The number of halogens is 1. The van der Waals surface area contributed by atoms with Crippen molar-refractivity contribution in [3.05, 3.63) is 23.8 Å². The van der Waals surface area contributed by atoms with Crippen molar-refractivity contribution >= 4 is 12.4 Å². The Morgan fingerprint density at radius 3 is 2.80 bits per heavy atom. The lowest BCUT2D eigenvalue weighted by Gasteiger charge is -2.10. The van der Waals surface area contributed by atoms with E-state index in [0.717, 1.165) is 5.56 Å². The van der Waals surface area contributed by atoms with Gasteiger partial charge in [0.1, 0.15) is 0 Å². The fraction of sp³-hybridized carbons (Fsp3) is 0.300. The van der Waals surface area contributed by atoms with Gasteiger partial charge < -0.3 is 15.6 Å². The maximum Gasteiger partial charge on any atom is 0.160 e. The van der Waals surface area contributed by atoms with Gasteiger partial charge in [-0.05, 0) is 17.7 Å². The van der Waals surface area contributed by atoms with Crippen LogP contribution in [0.3, 0.4) is 0 Å². The fourth-order valence-corrected chi connectivity index (χ4v) is 1.14. The number of methoxy groups -OCH3 is 1. The molecule has 1 rings (SSSR count). The molecular formula is C10H13ClN2O2. The van der Waals surface area contributed by atoms with Gasteiger partial charge in [0, 0.05) is 6.04 Å². The molecule has 15 heavy (non-hydrogen) atoms. The first-order valence-electron chi connectivity index (χ1n) is 4.18. The van der Waals surface area contributed by atoms with Crippen LogP contribution in [0.4, 0.5) is 0 Å². The molecule has 0 saturated carbocycles. The van der Waals surface area contributed by atoms with E-state index in [4.69, 9.17) is 15.7 Å². The van der Waals surface area contributed by atoms with Crippen molar-refractivity contribution in [1.82, 2.24) is 0 Å². The second-order valence-corrected chi connectivity index (χ2v) is 2.90. The Labute approximate surface area is 94.7 Å². The van der Waals surface area contributed by atoms with Gasteiger partial charge in [-0.1, -0.05) is 6.07 Å². The normalized spacial score (nSPS) is 11.0. The Hall–Kier alpha value is -1.44. The zero-order valence-electron chi connectivity index (χ0n) is 8.30. The number of nitrogens with two attached hydrogens (primary N) is 1. The van der Waals surface area contributed by atoms with Crippen LogP contribution in [0.5, 0.6) is 11.5 Å². The van der Waals surface area contributed by atoms with Crippen molar-refractivity contribution in [2.45, 2.75) is 12.5 Å². The molecule has 0 amide bonds. The van der Waals surface area contributed by atoms with Gasteiger partial charge >= 0.3 is 0 Å². The Morgan fingerprint density at radius 1 is 1.60 bits per heavy atom. The van der Waals surface area contributed by atoms with Crippen molar-refractivity contribution in [2.75, 3.05) is 7.11 Å². The van der Waals surface area contributed by atoms with Gasteiger partial charge in [0.2, 0.25) is 0 Å². The molecule has 0 aromatic heterocycles. The van der Waals surface area contributed by atoms with E-state index in [1.54, 1.807) is 12.1 Å². The summed E-state index contributed by atoms with van der Waals surface area (Å²) in [7, 11) is 1.47. The molecule has 0 radical (unpaired) electrons. The van der Waals surface area contributed by atoms with Crippen molar-refractivity contribution in [3.8, 4) is 17.6 Å². The zero-order chi connectivity index (χ0) is 10.6. The van der Waals surface area contributed by atoms with Crippen molar-refractivity contribution in [2.24, 2.45) is 5.73 Å². The topological polar surface area (TPSA) is 79.3 Å². The summed E-state index contributed by atoms with van der Waals surface area (Å²) in [5.41, 5.74) is 6.50. The highest BCUT2D eigenvalue weighted by Crippen LogP contribution is 2.28. The summed E-state index contributed by atoms with van der Waals surface area (Å²) >= 11 is 0. The SMILES string of the molecule is COc1cc([C@H](N)CC#N)ccc1O.Cl. The van der Waals surface area contributed by atoms with E-state index >= 15 is 0 Å². The molecule has 3 N–H and O–H groups in total. The molecule has 0 unspecified atom stereocenters. The lowest BCUT2D eigenvalue weighted by Crippen LogP contribution is -2.09. The van der Waals surface area contributed by atoms with Crippen molar-refractivity contribution in [1.29, 1.82) is 5.26 Å². The third-order valence-electron chi connectivity index (χ3n) is 1.94. The van der Waals surface area contributed by atoms with Crippen LogP contribution in [-0.4, -0.2) is 12.2 Å². The molecule has 82 valence electrons. The van der Waals surface area contributed by atoms with Crippen LogP contribution in [0, 0.1) is 11.3 Å². The summed E-state index contributed by atoms with van der Waals surface area (Å²) < 4.78 is 4.93. The molecule has 4 nitrogen and oxygen atoms in total. The maximum absolute atomic E-state index is 9.32. The van der Waals surface area contributed by atoms with Gasteiger partial charge in [-0.25, -0.2) is 0 Å². The van der Waals surface area contributed by atoms with Gasteiger partial charge in [-0.15, -0.1) is 12.4 Å². The van der Waals surface area contributed by atoms with Crippen molar-refractivity contribution < 1.29 is 9.84 Å². The lowest BCUT2D eigenvalue weighted by atomic mass is 10.0. The number of nitriles is 1. The minimum absolute atomic E-state index is 0. The molecule has 5 heteroatoms. The molecule has 1 aromatic carbocycles. The number of phenolic OH excluding ortho intramolecular Hbond substituents is 1. The summed E-state index contributed by atoms with van der Waals surface area (Å²) in [6.45, 7) is 0. The minimum atomic E-state index is -0.338. The smallest absolute Gasteiger partial charge is 0.160 e. The summed E-state index contributed by atoms with van der Waals surface area (Å²) in [5.74, 6) is 0.441. The van der Waals surface area contributed by atoms with Crippen molar-refractivity contribution in [3.63, 3.8) is 0 Å². The predicted octanol–water partition coefficient (Wildman–Crippen LogP) is 1.74. The molecule has 0 bridgehead atoms. The predicted molar refractivity (Wildman–Crippen MR) is 59.1 cm³/mol. The lowest BCUT2D eigenvalue weighted by molar-refractivity contribution is 0.372. The van der Waals surface area contributed by atoms with Crippen LogP contribution in [0.1, 0.15) is 18.0 Å². The Bertz CT molecular complexity index is 363. The zero-order valence-corrected chi connectivity index (χ0v) is 9.12. The Morgan fingerprint density at radius 2 is 2.27 bits per heavy atom. The third kappa shape index (κ3) is 3.31. The van der Waals surface area contributed by atoms with Crippen LogP contribution in [0.15, 0.2) is 18.2 Å². The first-order valence-corrected chi connectivity index (χ1v) is 4.18. The molecule has 0 aliphatic heterocycles. The molecule has 0 aliphatic carbocycles. The Balaban J connectivity index is 0.00000196. The van der Waals surface area contributed by atoms with E-state index < -0.39 is 0 Å². The van der Waals surface area contributed by atoms with Gasteiger partial charge in [-0.3, -0.25) is 0 Å². The summed E-state index contributed by atoms with van der Waals surface area (Å²) in [6, 6.07) is 6.47. The summed E-state index contributed by atoms with van der Waals surface area (Å²) in [5, 5.41) is 17.8. The summed E-state index contributed by atoms with van der Waals surface area (Å²) in [6.07, 6.45) is 0.244. The average Bonchev–Trinajstić information content (AvgIpc) is 2.19. The number of rotatable bonds is 3. The van der Waals surface area contributed by atoms with Crippen LogP contribution in [0.2, 0.25) is 0 Å². The molecule has 0 spiro atoms. The van der Waals surface area contributed by atoms with Crippen LogP contribution >= 0.6 is 12.4 Å². The number of hydrogen-bond donors (Lipinski definition) is 2. The van der Waals surface area contributed by atoms with E-state index in [1.165, 1.54) is 13.2 Å². The van der Waals surface area contributed by atoms with E-state index in [0.29, 0.717) is 5.75 Å². The third-order valence-corrected chi connectivity index (χ3v) is 1.94. The summed E-state index contributed by atoms with van der Waals surface area (Å²) in [4.78, 5) is 0.